The molecule has 0 saturated heterocycles. The van der Waals surface area contributed by atoms with Gasteiger partial charge in [0.2, 0.25) is 0 Å². The monoisotopic (exact) mass is 302 g/mol. The third kappa shape index (κ3) is 1.87. The summed E-state index contributed by atoms with van der Waals surface area (Å²) in [5.41, 5.74) is 2.47. The molecule has 0 aromatic heterocycles. The fraction of sp³-hybridized carbons (Fsp3) is 0.905. The second-order valence-corrected chi connectivity index (χ2v) is 9.81. The number of aliphatic hydroxyl groups is 1. The van der Waals surface area contributed by atoms with E-state index >= 15 is 0 Å². The quantitative estimate of drug-likeness (QED) is 0.610. The number of rotatable bonds is 0. The Morgan fingerprint density at radius 1 is 1.09 bits per heavy atom. The highest BCUT2D eigenvalue weighted by Crippen LogP contribution is 2.65. The van der Waals surface area contributed by atoms with Crippen LogP contribution in [-0.4, -0.2) is 11.2 Å². The standard InChI is InChI=1S/C21H34O/c1-13-7-9-20(3)15(11-13)5-6-16-17(20)8-10-21(4)18(16)12-14(2)19(21)22/h5,13-14,16-19,22H,6-12H2,1-4H3/t13?,14?,16-,17-,18+,19?,20+,21+/m1/s1. The van der Waals surface area contributed by atoms with Crippen molar-refractivity contribution in [1.82, 2.24) is 0 Å². The van der Waals surface area contributed by atoms with Gasteiger partial charge in [0, 0.05) is 0 Å². The molecule has 4 aliphatic rings. The molecule has 1 heteroatoms. The molecule has 3 fully saturated rings. The van der Waals surface area contributed by atoms with Crippen molar-refractivity contribution in [3.8, 4) is 0 Å². The molecule has 1 N–H and O–H groups in total. The van der Waals surface area contributed by atoms with Gasteiger partial charge in [0.25, 0.3) is 0 Å². The molecule has 1 nitrogen and oxygen atoms in total. The van der Waals surface area contributed by atoms with Gasteiger partial charge in [-0.15, -0.1) is 0 Å². The van der Waals surface area contributed by atoms with Gasteiger partial charge in [0.1, 0.15) is 0 Å². The van der Waals surface area contributed by atoms with Crippen LogP contribution in [0.3, 0.4) is 0 Å². The van der Waals surface area contributed by atoms with Gasteiger partial charge in [-0.2, -0.15) is 0 Å². The van der Waals surface area contributed by atoms with Crippen molar-refractivity contribution in [2.45, 2.75) is 78.7 Å². The van der Waals surface area contributed by atoms with E-state index in [-0.39, 0.29) is 11.5 Å². The van der Waals surface area contributed by atoms with E-state index in [1.54, 1.807) is 5.57 Å². The average Bonchev–Trinajstić information content (AvgIpc) is 2.72. The molecule has 0 amide bonds. The minimum atomic E-state index is -0.0667. The van der Waals surface area contributed by atoms with Gasteiger partial charge in [-0.3, -0.25) is 0 Å². The van der Waals surface area contributed by atoms with Crippen LogP contribution in [-0.2, 0) is 0 Å². The first-order valence-corrected chi connectivity index (χ1v) is 9.74. The zero-order valence-electron chi connectivity index (χ0n) is 14.9. The van der Waals surface area contributed by atoms with Crippen LogP contribution >= 0.6 is 0 Å². The first kappa shape index (κ1) is 15.2. The van der Waals surface area contributed by atoms with Crippen molar-refractivity contribution in [3.63, 3.8) is 0 Å². The Morgan fingerprint density at radius 3 is 2.64 bits per heavy atom. The van der Waals surface area contributed by atoms with E-state index in [9.17, 15) is 5.11 Å². The lowest BCUT2D eigenvalue weighted by atomic mass is 9.47. The van der Waals surface area contributed by atoms with E-state index in [2.05, 4.69) is 33.8 Å². The van der Waals surface area contributed by atoms with Gasteiger partial charge in [-0.1, -0.05) is 39.3 Å². The zero-order valence-corrected chi connectivity index (χ0v) is 14.9. The van der Waals surface area contributed by atoms with Crippen molar-refractivity contribution in [2.24, 2.45) is 40.4 Å². The molecule has 0 radical (unpaired) electrons. The highest BCUT2D eigenvalue weighted by atomic mass is 16.3. The lowest BCUT2D eigenvalue weighted by Crippen LogP contribution is -2.50. The van der Waals surface area contributed by atoms with E-state index in [1.807, 2.05) is 0 Å². The fourth-order valence-corrected chi connectivity index (χ4v) is 7.18. The average molecular weight is 303 g/mol. The topological polar surface area (TPSA) is 20.2 Å². The van der Waals surface area contributed by atoms with Crippen molar-refractivity contribution in [3.05, 3.63) is 11.6 Å². The second-order valence-electron chi connectivity index (χ2n) is 9.81. The van der Waals surface area contributed by atoms with E-state index in [0.29, 0.717) is 11.3 Å². The molecule has 3 saturated carbocycles. The second kappa shape index (κ2) is 4.85. The maximum atomic E-state index is 10.8. The summed E-state index contributed by atoms with van der Waals surface area (Å²) in [6.07, 6.45) is 11.9. The van der Waals surface area contributed by atoms with Gasteiger partial charge in [-0.05, 0) is 85.4 Å². The molecule has 3 unspecified atom stereocenters. The summed E-state index contributed by atoms with van der Waals surface area (Å²) in [5, 5.41) is 10.8. The number of allylic oxidation sites excluding steroid dienone is 2. The first-order valence-electron chi connectivity index (χ1n) is 9.74. The Labute approximate surface area is 136 Å². The van der Waals surface area contributed by atoms with Gasteiger partial charge < -0.3 is 5.11 Å². The molecule has 0 heterocycles. The molecule has 22 heavy (non-hydrogen) atoms. The lowest BCUT2D eigenvalue weighted by Gasteiger charge is -2.57. The molecule has 0 spiro atoms. The van der Waals surface area contributed by atoms with Gasteiger partial charge >= 0.3 is 0 Å². The van der Waals surface area contributed by atoms with Crippen molar-refractivity contribution >= 4 is 0 Å². The van der Waals surface area contributed by atoms with Crippen molar-refractivity contribution in [1.29, 1.82) is 0 Å². The normalized spacial score (nSPS) is 57.6. The zero-order chi connectivity index (χ0) is 15.7. The third-order valence-corrected chi connectivity index (χ3v) is 8.63. The Hall–Kier alpha value is -0.300. The number of hydrogen-bond donors (Lipinski definition) is 1. The highest BCUT2D eigenvalue weighted by Gasteiger charge is 2.59. The Balaban J connectivity index is 1.68. The number of fused-ring (bicyclic) bond motifs is 5. The van der Waals surface area contributed by atoms with Crippen LogP contribution in [0.4, 0.5) is 0 Å². The van der Waals surface area contributed by atoms with Crippen molar-refractivity contribution in [2.75, 3.05) is 0 Å². The summed E-state index contributed by atoms with van der Waals surface area (Å²) in [4.78, 5) is 0. The SMILES string of the molecule is CC1CC[C@@]2(C)C(=CC[C@@H]3[C@H]2CC[C@]2(C)C(O)C(C)C[C@@H]32)C1. The number of aliphatic hydroxyl groups excluding tert-OH is 1. The van der Waals surface area contributed by atoms with Crippen LogP contribution in [0.2, 0.25) is 0 Å². The maximum absolute atomic E-state index is 10.8. The minimum absolute atomic E-state index is 0.0667. The summed E-state index contributed by atoms with van der Waals surface area (Å²) in [5.74, 6) is 3.86. The van der Waals surface area contributed by atoms with Gasteiger partial charge in [0.05, 0.1) is 6.10 Å². The minimum Gasteiger partial charge on any atom is -0.392 e. The Morgan fingerprint density at radius 2 is 1.86 bits per heavy atom. The molecule has 8 atom stereocenters. The molecular weight excluding hydrogens is 268 g/mol. The molecule has 0 aliphatic heterocycles. The van der Waals surface area contributed by atoms with E-state index in [1.165, 1.54) is 44.9 Å². The third-order valence-electron chi connectivity index (χ3n) is 8.63. The van der Waals surface area contributed by atoms with Crippen LogP contribution in [0.25, 0.3) is 0 Å². The fourth-order valence-electron chi connectivity index (χ4n) is 7.18. The number of hydrogen-bond acceptors (Lipinski definition) is 1. The highest BCUT2D eigenvalue weighted by molar-refractivity contribution is 5.25. The Bertz CT molecular complexity index is 494. The Kier molecular flexibility index (Phi) is 3.36. The molecular formula is C21H34O. The van der Waals surface area contributed by atoms with Crippen LogP contribution < -0.4 is 0 Å². The maximum Gasteiger partial charge on any atom is 0.0622 e. The summed E-state index contributed by atoms with van der Waals surface area (Å²) in [6.45, 7) is 9.68. The van der Waals surface area contributed by atoms with Gasteiger partial charge in [-0.25, -0.2) is 0 Å². The van der Waals surface area contributed by atoms with Gasteiger partial charge in [0.15, 0.2) is 0 Å². The van der Waals surface area contributed by atoms with E-state index < -0.39 is 0 Å². The molecule has 4 aliphatic carbocycles. The predicted molar refractivity (Wildman–Crippen MR) is 91.4 cm³/mol. The van der Waals surface area contributed by atoms with Crippen LogP contribution in [0.5, 0.6) is 0 Å². The van der Waals surface area contributed by atoms with E-state index in [0.717, 1.165) is 23.7 Å². The van der Waals surface area contributed by atoms with E-state index in [4.69, 9.17) is 0 Å². The summed E-state index contributed by atoms with van der Waals surface area (Å²) >= 11 is 0. The van der Waals surface area contributed by atoms with Crippen LogP contribution in [0.1, 0.15) is 72.6 Å². The molecule has 0 aromatic carbocycles. The molecule has 124 valence electrons. The molecule has 4 rings (SSSR count). The molecule has 0 aromatic rings. The first-order chi connectivity index (χ1) is 10.4. The van der Waals surface area contributed by atoms with Crippen molar-refractivity contribution < 1.29 is 5.11 Å². The smallest absolute Gasteiger partial charge is 0.0622 e. The summed E-state index contributed by atoms with van der Waals surface area (Å²) in [6, 6.07) is 0. The predicted octanol–water partition coefficient (Wildman–Crippen LogP) is 5.19. The lowest BCUT2D eigenvalue weighted by molar-refractivity contribution is -0.0713. The summed E-state index contributed by atoms with van der Waals surface area (Å²) in [7, 11) is 0. The summed E-state index contributed by atoms with van der Waals surface area (Å²) < 4.78 is 0. The largest absolute Gasteiger partial charge is 0.392 e. The molecule has 0 bridgehead atoms. The van der Waals surface area contributed by atoms with Crippen LogP contribution in [0.15, 0.2) is 11.6 Å². The van der Waals surface area contributed by atoms with Crippen LogP contribution in [0, 0.1) is 40.4 Å².